The Bertz CT molecular complexity index is 1540. The molecule has 2 aliphatic rings. The van der Waals surface area contributed by atoms with Gasteiger partial charge in [0, 0.05) is 17.8 Å². The first-order valence-electron chi connectivity index (χ1n) is 11.3. The average Bonchev–Trinajstić information content (AvgIpc) is 2.85. The average molecular weight is 408 g/mol. The molecule has 0 N–H and O–H groups in total. The van der Waals surface area contributed by atoms with E-state index < -0.39 is 5.41 Å². The fraction of sp³-hybridized carbons (Fsp3) is 0.129. The molecule has 0 aliphatic heterocycles. The third-order valence-corrected chi connectivity index (χ3v) is 7.94. The third kappa shape index (κ3) is 2.03. The van der Waals surface area contributed by atoms with Crippen LogP contribution in [0.2, 0.25) is 0 Å². The topological polar surface area (TPSA) is 23.8 Å². The Hall–Kier alpha value is -3.89. The molecule has 32 heavy (non-hydrogen) atoms. The van der Waals surface area contributed by atoms with E-state index in [0.29, 0.717) is 0 Å². The quantitative estimate of drug-likeness (QED) is 0.279. The van der Waals surface area contributed by atoms with Crippen LogP contribution in [0.3, 0.4) is 0 Å². The molecular formula is C31H21N. The second kappa shape index (κ2) is 6.31. The Morgan fingerprint density at radius 1 is 0.562 bits per heavy atom. The Morgan fingerprint density at radius 2 is 1.16 bits per heavy atom. The molecule has 0 amide bonds. The minimum absolute atomic E-state index is 0.107. The number of fused-ring (bicyclic) bond motifs is 3. The van der Waals surface area contributed by atoms with Crippen LogP contribution in [0.4, 0.5) is 0 Å². The number of nitrogens with zero attached hydrogens (tertiary/aromatic N) is 1. The fourth-order valence-electron chi connectivity index (χ4n) is 6.79. The standard InChI is InChI=1S/C31H21N/c32-19-31(23-13-5-2-6-14-23)29(22-9-3-1-4-10-22)28-24-15-7-11-20-17-18-21-12-8-16-25(30(28)31)27(21)26(20)24/h1-18,28-30H/t28-,29+,30-,31-/m1/s1. The zero-order valence-corrected chi connectivity index (χ0v) is 17.6. The largest absolute Gasteiger partial charge is 0.197 e. The number of nitriles is 1. The summed E-state index contributed by atoms with van der Waals surface area (Å²) >= 11 is 0. The Morgan fingerprint density at radius 3 is 1.81 bits per heavy atom. The monoisotopic (exact) mass is 407 g/mol. The maximum atomic E-state index is 10.9. The molecule has 1 fully saturated rings. The molecule has 0 bridgehead atoms. The molecule has 2 aliphatic carbocycles. The second-order valence-corrected chi connectivity index (χ2v) is 9.19. The van der Waals surface area contributed by atoms with Gasteiger partial charge in [-0.2, -0.15) is 5.26 Å². The van der Waals surface area contributed by atoms with Gasteiger partial charge in [-0.05, 0) is 43.8 Å². The van der Waals surface area contributed by atoms with E-state index in [1.54, 1.807) is 0 Å². The predicted octanol–water partition coefficient (Wildman–Crippen LogP) is 7.43. The molecule has 5 aromatic carbocycles. The van der Waals surface area contributed by atoms with E-state index in [9.17, 15) is 5.26 Å². The fourth-order valence-corrected chi connectivity index (χ4v) is 6.79. The smallest absolute Gasteiger partial charge is 0.0971 e. The first-order valence-corrected chi connectivity index (χ1v) is 11.3. The molecule has 1 saturated carbocycles. The van der Waals surface area contributed by atoms with E-state index >= 15 is 0 Å². The van der Waals surface area contributed by atoms with Crippen LogP contribution in [0.1, 0.15) is 40.0 Å². The summed E-state index contributed by atoms with van der Waals surface area (Å²) in [5.74, 6) is 0.515. The number of rotatable bonds is 2. The van der Waals surface area contributed by atoms with Crippen molar-refractivity contribution >= 4 is 21.5 Å². The summed E-state index contributed by atoms with van der Waals surface area (Å²) in [5, 5.41) is 16.2. The Kier molecular flexibility index (Phi) is 3.50. The van der Waals surface area contributed by atoms with Crippen molar-refractivity contribution in [2.75, 3.05) is 0 Å². The molecule has 1 heteroatoms. The van der Waals surface area contributed by atoms with Gasteiger partial charge in [0.05, 0.1) is 11.5 Å². The van der Waals surface area contributed by atoms with Gasteiger partial charge in [0.2, 0.25) is 0 Å². The van der Waals surface area contributed by atoms with Gasteiger partial charge in [-0.3, -0.25) is 0 Å². The highest BCUT2D eigenvalue weighted by Crippen LogP contribution is 2.72. The lowest BCUT2D eigenvalue weighted by atomic mass is 9.39. The highest BCUT2D eigenvalue weighted by Gasteiger charge is 2.66. The summed E-state index contributed by atoms with van der Waals surface area (Å²) < 4.78 is 0. The normalized spacial score (nSPS) is 25.3. The van der Waals surface area contributed by atoms with Crippen LogP contribution < -0.4 is 0 Å². The second-order valence-electron chi connectivity index (χ2n) is 9.19. The van der Waals surface area contributed by atoms with E-state index in [4.69, 9.17) is 0 Å². The maximum absolute atomic E-state index is 10.9. The number of benzene rings is 5. The lowest BCUT2D eigenvalue weighted by molar-refractivity contribution is 0.160. The molecule has 150 valence electrons. The molecule has 7 rings (SSSR count). The predicted molar refractivity (Wildman–Crippen MR) is 130 cm³/mol. The van der Waals surface area contributed by atoms with Gasteiger partial charge in [0.1, 0.15) is 0 Å². The lowest BCUT2D eigenvalue weighted by Crippen LogP contribution is -2.55. The molecule has 0 aromatic heterocycles. The Labute approximate surface area is 187 Å². The Balaban J connectivity index is 1.63. The highest BCUT2D eigenvalue weighted by molar-refractivity contribution is 6.13. The molecule has 5 aromatic rings. The van der Waals surface area contributed by atoms with Gasteiger partial charge < -0.3 is 0 Å². The van der Waals surface area contributed by atoms with Crippen molar-refractivity contribution in [1.29, 1.82) is 5.26 Å². The van der Waals surface area contributed by atoms with Gasteiger partial charge in [-0.1, -0.05) is 109 Å². The van der Waals surface area contributed by atoms with Gasteiger partial charge >= 0.3 is 0 Å². The van der Waals surface area contributed by atoms with E-state index in [-0.39, 0.29) is 17.8 Å². The van der Waals surface area contributed by atoms with Crippen LogP contribution in [-0.2, 0) is 5.41 Å². The van der Waals surface area contributed by atoms with Crippen molar-refractivity contribution in [2.24, 2.45) is 0 Å². The van der Waals surface area contributed by atoms with Crippen molar-refractivity contribution in [3.8, 4) is 6.07 Å². The van der Waals surface area contributed by atoms with Crippen LogP contribution in [0, 0.1) is 11.3 Å². The first kappa shape index (κ1) is 17.8. The van der Waals surface area contributed by atoms with Crippen LogP contribution >= 0.6 is 0 Å². The van der Waals surface area contributed by atoms with Crippen LogP contribution in [0.25, 0.3) is 21.5 Å². The highest BCUT2D eigenvalue weighted by atomic mass is 14.7. The molecule has 1 nitrogen and oxygen atoms in total. The summed E-state index contributed by atoms with van der Waals surface area (Å²) in [6.45, 7) is 0. The SMILES string of the molecule is N#C[C@]1(c2ccccc2)[C@@H]2c3cccc4ccc5cccc(c5c34)[C@@H]2[C@@H]1c1ccccc1. The molecule has 0 unspecified atom stereocenters. The minimum atomic E-state index is -0.600. The maximum Gasteiger partial charge on any atom is 0.0971 e. The van der Waals surface area contributed by atoms with Crippen LogP contribution in [0.15, 0.2) is 109 Å². The van der Waals surface area contributed by atoms with Gasteiger partial charge in [-0.25, -0.2) is 0 Å². The summed E-state index contributed by atoms with van der Waals surface area (Å²) in [7, 11) is 0. The van der Waals surface area contributed by atoms with E-state index in [2.05, 4.69) is 109 Å². The molecule has 4 atom stereocenters. The molecule has 0 radical (unpaired) electrons. The molecular weight excluding hydrogens is 386 g/mol. The number of hydrogen-bond acceptors (Lipinski definition) is 1. The van der Waals surface area contributed by atoms with Crippen molar-refractivity contribution in [3.05, 3.63) is 131 Å². The molecule has 0 heterocycles. The summed E-state index contributed by atoms with van der Waals surface area (Å²) in [4.78, 5) is 0. The van der Waals surface area contributed by atoms with Gasteiger partial charge in [0.15, 0.2) is 0 Å². The molecule has 0 saturated heterocycles. The zero-order chi connectivity index (χ0) is 21.3. The minimum Gasteiger partial charge on any atom is -0.197 e. The zero-order valence-electron chi connectivity index (χ0n) is 17.6. The van der Waals surface area contributed by atoms with Crippen molar-refractivity contribution in [3.63, 3.8) is 0 Å². The summed E-state index contributed by atoms with van der Waals surface area (Å²) in [5.41, 5.74) is 4.50. The third-order valence-electron chi connectivity index (χ3n) is 7.94. The number of hydrogen-bond donors (Lipinski definition) is 0. The van der Waals surface area contributed by atoms with Crippen LogP contribution in [0.5, 0.6) is 0 Å². The summed E-state index contributed by atoms with van der Waals surface area (Å²) in [6.07, 6.45) is 0. The van der Waals surface area contributed by atoms with Crippen molar-refractivity contribution < 1.29 is 0 Å². The van der Waals surface area contributed by atoms with Crippen molar-refractivity contribution in [1.82, 2.24) is 0 Å². The van der Waals surface area contributed by atoms with Gasteiger partial charge in [0.25, 0.3) is 0 Å². The van der Waals surface area contributed by atoms with E-state index in [1.165, 1.54) is 38.2 Å². The lowest BCUT2D eigenvalue weighted by Gasteiger charge is -2.60. The molecule has 0 spiro atoms. The summed E-state index contributed by atoms with van der Waals surface area (Å²) in [6, 6.07) is 41.9. The first-order chi connectivity index (χ1) is 15.8. The van der Waals surface area contributed by atoms with E-state index in [1.807, 2.05) is 6.07 Å². The van der Waals surface area contributed by atoms with Gasteiger partial charge in [-0.15, -0.1) is 0 Å². The van der Waals surface area contributed by atoms with E-state index in [0.717, 1.165) is 5.56 Å². The van der Waals surface area contributed by atoms with Crippen LogP contribution in [-0.4, -0.2) is 0 Å². The van der Waals surface area contributed by atoms with Crippen molar-refractivity contribution in [2.45, 2.75) is 23.2 Å².